The van der Waals surface area contributed by atoms with Crippen molar-refractivity contribution in [1.29, 1.82) is 0 Å². The summed E-state index contributed by atoms with van der Waals surface area (Å²) in [6.45, 7) is 12.2. The number of amides is 1. The first-order chi connectivity index (χ1) is 18.7. The number of aryl methyl sites for hydroxylation is 1. The van der Waals surface area contributed by atoms with Crippen LogP contribution in [-0.2, 0) is 14.3 Å². The number of hydrogen-bond acceptors (Lipinski definition) is 8. The van der Waals surface area contributed by atoms with Crippen molar-refractivity contribution in [3.63, 3.8) is 0 Å². The van der Waals surface area contributed by atoms with Crippen molar-refractivity contribution in [3.8, 4) is 11.5 Å². The monoisotopic (exact) mass is 541 g/mol. The Balaban J connectivity index is 2.21. The van der Waals surface area contributed by atoms with Gasteiger partial charge in [-0.25, -0.2) is 4.79 Å². The molecule has 10 nitrogen and oxygen atoms in total. The van der Waals surface area contributed by atoms with Crippen LogP contribution in [0.15, 0.2) is 23.8 Å². The lowest BCUT2D eigenvalue weighted by molar-refractivity contribution is -0.140. The van der Waals surface area contributed by atoms with Gasteiger partial charge in [-0.2, -0.15) is 0 Å². The molecule has 1 fully saturated rings. The van der Waals surface area contributed by atoms with Gasteiger partial charge in [-0.1, -0.05) is 26.0 Å². The zero-order valence-corrected chi connectivity index (χ0v) is 23.8. The molecule has 1 aromatic carbocycles. The number of aromatic nitrogens is 1. The summed E-state index contributed by atoms with van der Waals surface area (Å²) in [4.78, 5) is 46.2. The summed E-state index contributed by atoms with van der Waals surface area (Å²) in [6.07, 6.45) is 0.632. The molecule has 3 rings (SSSR count). The third-order valence-corrected chi connectivity index (χ3v) is 7.19. The fraction of sp³-hybridized carbons (Fsp3) is 0.483. The summed E-state index contributed by atoms with van der Waals surface area (Å²) in [5, 5.41) is 11.7. The molecule has 39 heavy (non-hydrogen) atoms. The van der Waals surface area contributed by atoms with Gasteiger partial charge in [-0.15, -0.1) is 0 Å². The first-order valence-electron chi connectivity index (χ1n) is 13.2. The Kier molecular flexibility index (Phi) is 9.80. The van der Waals surface area contributed by atoms with Gasteiger partial charge in [0.2, 0.25) is 0 Å². The fourth-order valence-electron chi connectivity index (χ4n) is 5.21. The minimum atomic E-state index is -0.925. The van der Waals surface area contributed by atoms with Gasteiger partial charge in [0.25, 0.3) is 11.7 Å². The van der Waals surface area contributed by atoms with Crippen LogP contribution in [0.5, 0.6) is 11.5 Å². The molecule has 0 bridgehead atoms. The van der Waals surface area contributed by atoms with Crippen LogP contribution in [0.4, 0.5) is 0 Å². The number of hydrogen-bond donors (Lipinski definition) is 2. The number of ketones is 1. The maximum Gasteiger partial charge on any atom is 0.355 e. The number of ether oxygens (including phenoxy) is 3. The molecule has 212 valence electrons. The molecule has 1 saturated heterocycles. The van der Waals surface area contributed by atoms with Gasteiger partial charge in [0.05, 0.1) is 32.4 Å². The van der Waals surface area contributed by atoms with E-state index in [2.05, 4.69) is 23.7 Å². The number of likely N-dealkylation sites (tertiary alicyclic amines) is 1. The Morgan fingerprint density at radius 3 is 2.38 bits per heavy atom. The molecular formula is C29H39N3O7. The van der Waals surface area contributed by atoms with Gasteiger partial charge in [-0.3, -0.25) is 9.59 Å². The predicted octanol–water partition coefficient (Wildman–Crippen LogP) is 3.98. The van der Waals surface area contributed by atoms with Gasteiger partial charge in [0, 0.05) is 23.4 Å². The average molecular weight is 542 g/mol. The lowest BCUT2D eigenvalue weighted by atomic mass is 9.93. The van der Waals surface area contributed by atoms with Crippen molar-refractivity contribution >= 4 is 23.4 Å². The first-order valence-corrected chi connectivity index (χ1v) is 13.2. The number of aliphatic hydroxyl groups excluding tert-OH is 1. The molecule has 0 aliphatic carbocycles. The number of esters is 1. The Bertz CT molecular complexity index is 1260. The highest BCUT2D eigenvalue weighted by atomic mass is 16.5. The number of Topliss-reactive ketones (excluding diaryl/α,β-unsaturated/α-hetero) is 1. The molecule has 10 heteroatoms. The minimum absolute atomic E-state index is 0.0741. The van der Waals surface area contributed by atoms with Crippen molar-refractivity contribution in [2.24, 2.45) is 0 Å². The van der Waals surface area contributed by atoms with Crippen LogP contribution in [0, 0.1) is 13.8 Å². The van der Waals surface area contributed by atoms with Crippen LogP contribution in [-0.4, -0.2) is 84.6 Å². The summed E-state index contributed by atoms with van der Waals surface area (Å²) < 4.78 is 16.3. The van der Waals surface area contributed by atoms with Gasteiger partial charge in [-0.05, 0) is 58.5 Å². The van der Waals surface area contributed by atoms with Gasteiger partial charge >= 0.3 is 5.97 Å². The highest BCUT2D eigenvalue weighted by molar-refractivity contribution is 6.46. The smallest absolute Gasteiger partial charge is 0.355 e. The van der Waals surface area contributed by atoms with Gasteiger partial charge in [0.1, 0.15) is 11.5 Å². The third-order valence-electron chi connectivity index (χ3n) is 7.19. The summed E-state index contributed by atoms with van der Waals surface area (Å²) in [6, 6.07) is 4.30. The van der Waals surface area contributed by atoms with E-state index in [1.807, 2.05) is 0 Å². The molecule has 1 amide bonds. The average Bonchev–Trinajstić information content (AvgIpc) is 3.37. The molecule has 1 unspecified atom stereocenters. The summed E-state index contributed by atoms with van der Waals surface area (Å²) in [5.41, 5.74) is 1.79. The van der Waals surface area contributed by atoms with Crippen LogP contribution in [0.1, 0.15) is 66.1 Å². The van der Waals surface area contributed by atoms with E-state index in [1.54, 1.807) is 39.0 Å². The van der Waals surface area contributed by atoms with E-state index in [0.29, 0.717) is 41.3 Å². The van der Waals surface area contributed by atoms with Crippen molar-refractivity contribution in [1.82, 2.24) is 14.8 Å². The zero-order valence-electron chi connectivity index (χ0n) is 23.8. The highest BCUT2D eigenvalue weighted by Gasteiger charge is 2.47. The number of aromatic amines is 1. The Hall–Kier alpha value is -3.79. The first kappa shape index (κ1) is 29.8. The summed E-state index contributed by atoms with van der Waals surface area (Å²) >= 11 is 0. The van der Waals surface area contributed by atoms with Crippen molar-refractivity contribution < 1.29 is 33.7 Å². The summed E-state index contributed by atoms with van der Waals surface area (Å²) in [7, 11) is 2.99. The van der Waals surface area contributed by atoms with Crippen LogP contribution < -0.4 is 9.47 Å². The Morgan fingerprint density at radius 2 is 1.79 bits per heavy atom. The maximum absolute atomic E-state index is 13.6. The Labute approximate surface area is 229 Å². The second-order valence-electron chi connectivity index (χ2n) is 9.30. The highest BCUT2D eigenvalue weighted by Crippen LogP contribution is 2.46. The number of rotatable bonds is 12. The van der Waals surface area contributed by atoms with E-state index >= 15 is 0 Å². The van der Waals surface area contributed by atoms with E-state index in [-0.39, 0.29) is 29.2 Å². The molecule has 0 saturated carbocycles. The van der Waals surface area contributed by atoms with Crippen molar-refractivity contribution in [3.05, 3.63) is 51.9 Å². The molecule has 0 radical (unpaired) electrons. The number of carbonyl (C=O) groups is 3. The molecule has 1 aromatic heterocycles. The molecule has 2 heterocycles. The quantitative estimate of drug-likeness (QED) is 0.179. The number of benzene rings is 1. The van der Waals surface area contributed by atoms with Crippen LogP contribution >= 0.6 is 0 Å². The standard InChI is InChI=1S/C29H39N3O7/c1-8-31(9-2)15-12-16-32-24(19-13-11-14-20(37-6)27(19)38-7)22(26(34)28(32)35)25(33)21-17(4)23(30-18(21)5)29(36)39-10-3/h11,13-14,24,30,33H,8-10,12,15-16H2,1-7H3/b25-22+. The molecule has 1 aliphatic rings. The number of methoxy groups -OCH3 is 2. The van der Waals surface area contributed by atoms with Gasteiger partial charge < -0.3 is 34.1 Å². The second-order valence-corrected chi connectivity index (χ2v) is 9.30. The van der Waals surface area contributed by atoms with Gasteiger partial charge in [0.15, 0.2) is 11.5 Å². The molecule has 2 aromatic rings. The Morgan fingerprint density at radius 1 is 1.10 bits per heavy atom. The summed E-state index contributed by atoms with van der Waals surface area (Å²) in [5.74, 6) is -1.65. The largest absolute Gasteiger partial charge is 0.507 e. The van der Waals surface area contributed by atoms with E-state index < -0.39 is 23.7 Å². The lowest BCUT2D eigenvalue weighted by Crippen LogP contribution is -2.33. The normalized spacial score (nSPS) is 16.7. The molecule has 1 aliphatic heterocycles. The fourth-order valence-corrected chi connectivity index (χ4v) is 5.21. The second kappa shape index (κ2) is 12.8. The van der Waals surface area contributed by atoms with E-state index in [9.17, 15) is 19.5 Å². The van der Waals surface area contributed by atoms with Crippen LogP contribution in [0.2, 0.25) is 0 Å². The van der Waals surface area contributed by atoms with Crippen molar-refractivity contribution in [2.45, 2.75) is 47.1 Å². The number of H-pyrrole nitrogens is 1. The molecule has 1 atom stereocenters. The molecular weight excluding hydrogens is 502 g/mol. The maximum atomic E-state index is 13.6. The predicted molar refractivity (Wildman–Crippen MR) is 147 cm³/mol. The zero-order chi connectivity index (χ0) is 28.9. The number of carbonyl (C=O) groups excluding carboxylic acids is 3. The third kappa shape index (κ3) is 5.66. The SMILES string of the molecule is CCOC(=O)c1[nH]c(C)c(/C(O)=C2\C(=O)C(=O)N(CCCN(CC)CC)C2c2cccc(OC)c2OC)c1C. The number of para-hydroxylation sites is 1. The van der Waals surface area contributed by atoms with Crippen LogP contribution in [0.3, 0.4) is 0 Å². The number of aliphatic hydroxyl groups is 1. The van der Waals surface area contributed by atoms with E-state index in [0.717, 1.165) is 19.6 Å². The van der Waals surface area contributed by atoms with E-state index in [1.165, 1.54) is 19.1 Å². The minimum Gasteiger partial charge on any atom is -0.507 e. The van der Waals surface area contributed by atoms with E-state index in [4.69, 9.17) is 14.2 Å². The number of nitrogens with one attached hydrogen (secondary N) is 1. The topological polar surface area (TPSA) is 121 Å². The molecule has 2 N–H and O–H groups in total. The lowest BCUT2D eigenvalue weighted by Gasteiger charge is -2.28. The molecule has 0 spiro atoms. The van der Waals surface area contributed by atoms with Crippen LogP contribution in [0.25, 0.3) is 5.76 Å². The number of nitrogens with zero attached hydrogens (tertiary/aromatic N) is 2. The van der Waals surface area contributed by atoms with Crippen molar-refractivity contribution in [2.75, 3.05) is 47.0 Å².